The van der Waals surface area contributed by atoms with Crippen LogP contribution in [0, 0.1) is 5.82 Å². The van der Waals surface area contributed by atoms with Crippen LogP contribution in [0.3, 0.4) is 0 Å². The molecule has 1 aliphatic rings. The van der Waals surface area contributed by atoms with Gasteiger partial charge >= 0.3 is 0 Å². The highest BCUT2D eigenvalue weighted by Crippen LogP contribution is 2.21. The molecule has 0 unspecified atom stereocenters. The monoisotopic (exact) mass is 321 g/mol. The second-order valence-corrected chi connectivity index (χ2v) is 7.18. The van der Waals surface area contributed by atoms with Crippen molar-refractivity contribution < 1.29 is 17.5 Å². The summed E-state index contributed by atoms with van der Waals surface area (Å²) < 4.78 is 45.5. The number of hydrogen-bond acceptors (Lipinski definition) is 3. The van der Waals surface area contributed by atoms with Gasteiger partial charge in [-0.05, 0) is 31.9 Å². The lowest BCUT2D eigenvalue weighted by Crippen LogP contribution is -2.39. The van der Waals surface area contributed by atoms with Crippen LogP contribution < -0.4 is 4.72 Å². The van der Waals surface area contributed by atoms with Crippen LogP contribution in [0.2, 0.25) is 5.02 Å². The van der Waals surface area contributed by atoms with Crippen molar-refractivity contribution in [1.29, 1.82) is 0 Å². The van der Waals surface area contributed by atoms with Gasteiger partial charge in [-0.25, -0.2) is 17.5 Å². The van der Waals surface area contributed by atoms with E-state index in [4.69, 9.17) is 16.3 Å². The van der Waals surface area contributed by atoms with Gasteiger partial charge in [0.1, 0.15) is 11.1 Å². The molecule has 0 radical (unpaired) electrons. The van der Waals surface area contributed by atoms with E-state index in [0.29, 0.717) is 23.6 Å². The fraction of sp³-hybridized carbons (Fsp3) is 0.538. The molecule has 0 amide bonds. The lowest BCUT2D eigenvalue weighted by atomic mass is 10.1. The van der Waals surface area contributed by atoms with Crippen LogP contribution in [-0.2, 0) is 21.2 Å². The highest BCUT2D eigenvalue weighted by molar-refractivity contribution is 7.90. The van der Waals surface area contributed by atoms with Crippen LogP contribution in [0.4, 0.5) is 4.39 Å². The summed E-state index contributed by atoms with van der Waals surface area (Å²) in [6.45, 7) is 2.31. The summed E-state index contributed by atoms with van der Waals surface area (Å²) in [6, 6.07) is 4.41. The number of rotatable bonds is 5. The van der Waals surface area contributed by atoms with E-state index in [-0.39, 0.29) is 19.1 Å². The van der Waals surface area contributed by atoms with E-state index in [2.05, 4.69) is 4.72 Å². The first-order valence-corrected chi connectivity index (χ1v) is 8.37. The number of hydrogen-bond donors (Lipinski definition) is 1. The SMILES string of the molecule is C[C@H]1OCC[C@H]1S(=O)(=O)NCCc1c(F)cccc1Cl. The van der Waals surface area contributed by atoms with Gasteiger partial charge in [-0.15, -0.1) is 0 Å². The fourth-order valence-electron chi connectivity index (χ4n) is 2.32. The van der Waals surface area contributed by atoms with Gasteiger partial charge < -0.3 is 4.74 Å². The number of benzene rings is 1. The standard InChI is InChI=1S/C13H17ClFNO3S/c1-9-13(6-8-19-9)20(17,18)16-7-5-10-11(14)3-2-4-12(10)15/h2-4,9,13,16H,5-8H2,1H3/t9-,13-/m1/s1. The normalized spacial score (nSPS) is 23.1. The lowest BCUT2D eigenvalue weighted by molar-refractivity contribution is 0.126. The minimum Gasteiger partial charge on any atom is -0.377 e. The Hall–Kier alpha value is -0.690. The fourth-order valence-corrected chi connectivity index (χ4v) is 4.16. The van der Waals surface area contributed by atoms with Crippen LogP contribution in [0.5, 0.6) is 0 Å². The Bertz CT molecular complexity index is 559. The van der Waals surface area contributed by atoms with Gasteiger partial charge in [0.2, 0.25) is 10.0 Å². The topological polar surface area (TPSA) is 55.4 Å². The number of nitrogens with one attached hydrogen (secondary N) is 1. The molecule has 0 aliphatic carbocycles. The summed E-state index contributed by atoms with van der Waals surface area (Å²) in [5, 5.41) is -0.236. The molecular formula is C13H17ClFNO3S. The average Bonchev–Trinajstić information content (AvgIpc) is 2.80. The van der Waals surface area contributed by atoms with E-state index in [1.165, 1.54) is 12.1 Å². The molecule has 1 aliphatic heterocycles. The first kappa shape index (κ1) is 15.7. The maximum absolute atomic E-state index is 13.6. The number of sulfonamides is 1. The largest absolute Gasteiger partial charge is 0.377 e. The van der Waals surface area contributed by atoms with Gasteiger partial charge in [0.15, 0.2) is 0 Å². The molecule has 1 fully saturated rings. The van der Waals surface area contributed by atoms with Crippen LogP contribution >= 0.6 is 11.6 Å². The third-order valence-electron chi connectivity index (χ3n) is 3.45. The van der Waals surface area contributed by atoms with Crippen LogP contribution in [-0.4, -0.2) is 32.9 Å². The minimum atomic E-state index is -3.45. The predicted molar refractivity (Wildman–Crippen MR) is 75.9 cm³/mol. The molecular weight excluding hydrogens is 305 g/mol. The van der Waals surface area contributed by atoms with E-state index in [1.54, 1.807) is 13.0 Å². The van der Waals surface area contributed by atoms with E-state index < -0.39 is 21.1 Å². The molecule has 1 aromatic rings. The van der Waals surface area contributed by atoms with Crippen molar-refractivity contribution in [3.63, 3.8) is 0 Å². The maximum Gasteiger partial charge on any atom is 0.217 e. The average molecular weight is 322 g/mol. The van der Waals surface area contributed by atoms with Crippen molar-refractivity contribution in [2.45, 2.75) is 31.1 Å². The minimum absolute atomic E-state index is 0.117. The molecule has 112 valence electrons. The highest BCUT2D eigenvalue weighted by Gasteiger charge is 2.35. The van der Waals surface area contributed by atoms with Crippen molar-refractivity contribution in [2.24, 2.45) is 0 Å². The molecule has 0 spiro atoms. The third kappa shape index (κ3) is 3.49. The second kappa shape index (κ2) is 6.39. The van der Waals surface area contributed by atoms with Crippen molar-refractivity contribution in [1.82, 2.24) is 4.72 Å². The van der Waals surface area contributed by atoms with E-state index >= 15 is 0 Å². The quantitative estimate of drug-likeness (QED) is 0.903. The molecule has 0 saturated carbocycles. The van der Waals surface area contributed by atoms with Crippen molar-refractivity contribution in [2.75, 3.05) is 13.2 Å². The maximum atomic E-state index is 13.6. The smallest absolute Gasteiger partial charge is 0.217 e. The summed E-state index contributed by atoms with van der Waals surface area (Å²) in [4.78, 5) is 0. The van der Waals surface area contributed by atoms with Gasteiger partial charge in [-0.2, -0.15) is 0 Å². The second-order valence-electron chi connectivity index (χ2n) is 4.79. The molecule has 2 rings (SSSR count). The van der Waals surface area contributed by atoms with E-state index in [1.807, 2.05) is 0 Å². The zero-order valence-electron chi connectivity index (χ0n) is 11.1. The molecule has 0 aromatic heterocycles. The molecule has 7 heteroatoms. The van der Waals surface area contributed by atoms with Gasteiger partial charge in [0.25, 0.3) is 0 Å². The number of ether oxygens (including phenoxy) is 1. The zero-order chi connectivity index (χ0) is 14.8. The molecule has 20 heavy (non-hydrogen) atoms. The van der Waals surface area contributed by atoms with Gasteiger partial charge in [0, 0.05) is 23.7 Å². The Kier molecular flexibility index (Phi) is 5.01. The molecule has 1 saturated heterocycles. The molecule has 0 bridgehead atoms. The van der Waals surface area contributed by atoms with Crippen molar-refractivity contribution in [3.8, 4) is 0 Å². The first-order valence-electron chi connectivity index (χ1n) is 6.45. The Balaban J connectivity index is 1.96. The lowest BCUT2D eigenvalue weighted by Gasteiger charge is -2.16. The summed E-state index contributed by atoms with van der Waals surface area (Å²) in [5.74, 6) is -0.422. The Morgan fingerprint density at radius 1 is 1.50 bits per heavy atom. The van der Waals surface area contributed by atoms with Crippen LogP contribution in [0.1, 0.15) is 18.9 Å². The summed E-state index contributed by atoms with van der Waals surface area (Å²) >= 11 is 5.89. The summed E-state index contributed by atoms with van der Waals surface area (Å²) in [6.07, 6.45) is 0.383. The molecule has 2 atom stereocenters. The highest BCUT2D eigenvalue weighted by atomic mass is 35.5. The summed E-state index contributed by atoms with van der Waals surface area (Å²) in [5.41, 5.74) is 0.326. The zero-order valence-corrected chi connectivity index (χ0v) is 12.7. The van der Waals surface area contributed by atoms with Gasteiger partial charge in [-0.1, -0.05) is 17.7 Å². The van der Waals surface area contributed by atoms with Gasteiger partial charge in [0.05, 0.1) is 6.10 Å². The molecule has 1 N–H and O–H groups in total. The van der Waals surface area contributed by atoms with Crippen LogP contribution in [0.25, 0.3) is 0 Å². The molecule has 4 nitrogen and oxygen atoms in total. The van der Waals surface area contributed by atoms with E-state index in [0.717, 1.165) is 0 Å². The van der Waals surface area contributed by atoms with Gasteiger partial charge in [-0.3, -0.25) is 0 Å². The molecule has 1 aromatic carbocycles. The van der Waals surface area contributed by atoms with Crippen molar-refractivity contribution in [3.05, 3.63) is 34.6 Å². The predicted octanol–water partition coefficient (Wildman–Crippen LogP) is 2.12. The Morgan fingerprint density at radius 2 is 2.25 bits per heavy atom. The summed E-state index contributed by atoms with van der Waals surface area (Å²) in [7, 11) is -3.45. The molecule has 1 heterocycles. The van der Waals surface area contributed by atoms with Crippen molar-refractivity contribution >= 4 is 21.6 Å². The first-order chi connectivity index (χ1) is 9.42. The van der Waals surface area contributed by atoms with E-state index in [9.17, 15) is 12.8 Å². The Morgan fingerprint density at radius 3 is 2.85 bits per heavy atom. The Labute approximate surface area is 123 Å². The van der Waals surface area contributed by atoms with Crippen LogP contribution in [0.15, 0.2) is 18.2 Å². The third-order valence-corrected chi connectivity index (χ3v) is 5.82. The number of halogens is 2.